The number of rotatable bonds is 11. The number of unbranched alkanes of at least 4 members (excludes halogenated alkanes) is 1. The molecule has 0 N–H and O–H groups in total. The summed E-state index contributed by atoms with van der Waals surface area (Å²) in [6.07, 6.45) is 18.4. The van der Waals surface area contributed by atoms with Crippen LogP contribution in [0.2, 0.25) is 0 Å². The molecule has 0 aliphatic heterocycles. The Morgan fingerprint density at radius 3 is 2.47 bits per heavy atom. The van der Waals surface area contributed by atoms with Gasteiger partial charge in [0.25, 0.3) is 0 Å². The lowest BCUT2D eigenvalue weighted by Crippen LogP contribution is -2.11. The van der Waals surface area contributed by atoms with Gasteiger partial charge in [-0.3, -0.25) is 14.4 Å². The first-order valence-corrected chi connectivity index (χ1v) is 13.6. The molecule has 0 heterocycles. The molecule has 34 heavy (non-hydrogen) atoms. The number of aryl methyl sites for hydroxylation is 1. The fourth-order valence-electron chi connectivity index (χ4n) is 6.08. The standard InChI is InChI=1S/C31H40O3.H2/c1-22-14-15-26(20-22)31(34)19-17-25-21-27(16-18-28(25)23-8-3-2-4-9-23)30(33)12-6-5-10-24-11-7-13-29(24)32;/h14-16,18,21,23-24H,2-13,17,19-20H2,1H3;1H. The van der Waals surface area contributed by atoms with E-state index in [2.05, 4.69) is 19.1 Å². The highest BCUT2D eigenvalue weighted by atomic mass is 16.1. The lowest BCUT2D eigenvalue weighted by Gasteiger charge is -2.25. The number of hydrogen-bond donors (Lipinski definition) is 0. The van der Waals surface area contributed by atoms with Crippen molar-refractivity contribution in [3.05, 3.63) is 58.2 Å². The van der Waals surface area contributed by atoms with Gasteiger partial charge in [0.05, 0.1) is 0 Å². The first-order valence-electron chi connectivity index (χ1n) is 13.6. The predicted molar refractivity (Wildman–Crippen MR) is 139 cm³/mol. The van der Waals surface area contributed by atoms with Gasteiger partial charge in [-0.25, -0.2) is 0 Å². The van der Waals surface area contributed by atoms with Crippen molar-refractivity contribution >= 4 is 17.3 Å². The van der Waals surface area contributed by atoms with Gasteiger partial charge < -0.3 is 0 Å². The molecular formula is C31H42O3. The molecule has 1 aromatic carbocycles. The van der Waals surface area contributed by atoms with Gasteiger partial charge in [0.1, 0.15) is 5.78 Å². The second-order valence-electron chi connectivity index (χ2n) is 10.8. The van der Waals surface area contributed by atoms with E-state index in [1.807, 2.05) is 18.2 Å². The molecule has 0 aromatic heterocycles. The van der Waals surface area contributed by atoms with Gasteiger partial charge in [-0.1, -0.05) is 55.5 Å². The number of Topliss-reactive ketones (excluding diaryl/α,β-unsaturated/α-hetero) is 3. The highest BCUT2D eigenvalue weighted by molar-refractivity contribution is 5.97. The summed E-state index contributed by atoms with van der Waals surface area (Å²) < 4.78 is 0. The van der Waals surface area contributed by atoms with Crippen LogP contribution in [0.15, 0.2) is 41.5 Å². The van der Waals surface area contributed by atoms with Crippen LogP contribution in [0.3, 0.4) is 0 Å². The number of benzene rings is 1. The molecule has 0 saturated heterocycles. The van der Waals surface area contributed by atoms with E-state index in [4.69, 9.17) is 0 Å². The molecule has 1 aromatic rings. The normalized spacial score (nSPS) is 21.0. The van der Waals surface area contributed by atoms with Crippen molar-refractivity contribution < 1.29 is 15.8 Å². The van der Waals surface area contributed by atoms with Crippen LogP contribution in [-0.2, 0) is 16.0 Å². The Bertz CT molecular complexity index is 981. The third kappa shape index (κ3) is 6.43. The highest BCUT2D eigenvalue weighted by Gasteiger charge is 2.24. The van der Waals surface area contributed by atoms with E-state index in [0.717, 1.165) is 56.1 Å². The third-order valence-electron chi connectivity index (χ3n) is 8.17. The molecule has 3 aliphatic carbocycles. The maximum atomic E-state index is 13.0. The topological polar surface area (TPSA) is 51.2 Å². The summed E-state index contributed by atoms with van der Waals surface area (Å²) >= 11 is 0. The zero-order valence-corrected chi connectivity index (χ0v) is 20.9. The summed E-state index contributed by atoms with van der Waals surface area (Å²) in [7, 11) is 0. The Labute approximate surface area is 206 Å². The minimum atomic E-state index is 0. The number of carbonyl (C=O) groups excluding carboxylic acids is 3. The van der Waals surface area contributed by atoms with E-state index in [-0.39, 0.29) is 18.9 Å². The number of hydrogen-bond acceptors (Lipinski definition) is 3. The van der Waals surface area contributed by atoms with Gasteiger partial charge in [-0.15, -0.1) is 0 Å². The van der Waals surface area contributed by atoms with Crippen molar-refractivity contribution in [3.63, 3.8) is 0 Å². The van der Waals surface area contributed by atoms with Gasteiger partial charge in [0, 0.05) is 32.2 Å². The second kappa shape index (κ2) is 11.9. The molecule has 0 spiro atoms. The fraction of sp³-hybridized carbons (Fsp3) is 0.581. The van der Waals surface area contributed by atoms with Gasteiger partial charge >= 0.3 is 0 Å². The van der Waals surface area contributed by atoms with Crippen molar-refractivity contribution in [1.29, 1.82) is 0 Å². The Hall–Kier alpha value is -2.29. The van der Waals surface area contributed by atoms with Crippen LogP contribution in [0.1, 0.15) is 126 Å². The molecule has 0 bridgehead atoms. The minimum Gasteiger partial charge on any atom is -0.299 e. The van der Waals surface area contributed by atoms with E-state index in [1.54, 1.807) is 0 Å². The van der Waals surface area contributed by atoms with Gasteiger partial charge in [0.2, 0.25) is 0 Å². The minimum absolute atomic E-state index is 0. The average Bonchev–Trinajstić information content (AvgIpc) is 3.48. The number of ketones is 3. The van der Waals surface area contributed by atoms with Crippen molar-refractivity contribution in [1.82, 2.24) is 0 Å². The maximum absolute atomic E-state index is 13.0. The van der Waals surface area contributed by atoms with E-state index in [9.17, 15) is 14.4 Å². The van der Waals surface area contributed by atoms with Crippen LogP contribution in [0.5, 0.6) is 0 Å². The van der Waals surface area contributed by atoms with Crippen LogP contribution < -0.4 is 0 Å². The van der Waals surface area contributed by atoms with Crippen molar-refractivity contribution in [2.45, 2.75) is 109 Å². The summed E-state index contributed by atoms with van der Waals surface area (Å²) in [4.78, 5) is 37.6. The molecule has 3 aliphatic rings. The summed E-state index contributed by atoms with van der Waals surface area (Å²) in [6.45, 7) is 2.07. The molecule has 3 heteroatoms. The Kier molecular flexibility index (Phi) is 8.69. The maximum Gasteiger partial charge on any atom is 0.162 e. The first-order chi connectivity index (χ1) is 16.5. The highest BCUT2D eigenvalue weighted by Crippen LogP contribution is 2.36. The van der Waals surface area contributed by atoms with Gasteiger partial charge in [-0.05, 0) is 87.0 Å². The molecule has 184 valence electrons. The lowest BCUT2D eigenvalue weighted by atomic mass is 9.80. The second-order valence-corrected chi connectivity index (χ2v) is 10.8. The molecule has 2 fully saturated rings. The molecular weight excluding hydrogens is 420 g/mol. The van der Waals surface area contributed by atoms with E-state index >= 15 is 0 Å². The zero-order chi connectivity index (χ0) is 23.9. The molecule has 0 amide bonds. The molecule has 1 unspecified atom stereocenters. The Morgan fingerprint density at radius 1 is 0.941 bits per heavy atom. The molecule has 1 atom stereocenters. The monoisotopic (exact) mass is 462 g/mol. The molecule has 3 nitrogen and oxygen atoms in total. The summed E-state index contributed by atoms with van der Waals surface area (Å²) in [5.41, 5.74) is 5.52. The van der Waals surface area contributed by atoms with Gasteiger partial charge in [0.15, 0.2) is 11.6 Å². The molecule has 2 saturated carbocycles. The summed E-state index contributed by atoms with van der Waals surface area (Å²) in [5.74, 6) is 1.65. The van der Waals surface area contributed by atoms with Crippen LogP contribution >= 0.6 is 0 Å². The Balaban J connectivity index is 0.00000342. The summed E-state index contributed by atoms with van der Waals surface area (Å²) in [5, 5.41) is 0. The van der Waals surface area contributed by atoms with E-state index < -0.39 is 0 Å². The zero-order valence-electron chi connectivity index (χ0n) is 20.9. The molecule has 4 rings (SSSR count). The largest absolute Gasteiger partial charge is 0.299 e. The quantitative estimate of drug-likeness (QED) is 0.248. The predicted octanol–water partition coefficient (Wildman–Crippen LogP) is 7.87. The number of carbonyl (C=O) groups is 3. The van der Waals surface area contributed by atoms with Crippen molar-refractivity contribution in [3.8, 4) is 0 Å². The van der Waals surface area contributed by atoms with Crippen LogP contribution in [0, 0.1) is 5.92 Å². The fourth-order valence-corrected chi connectivity index (χ4v) is 6.08. The van der Waals surface area contributed by atoms with Crippen LogP contribution in [0.25, 0.3) is 0 Å². The average molecular weight is 463 g/mol. The third-order valence-corrected chi connectivity index (χ3v) is 8.17. The number of allylic oxidation sites excluding steroid dienone is 4. The lowest BCUT2D eigenvalue weighted by molar-refractivity contribution is -0.120. The van der Waals surface area contributed by atoms with Crippen LogP contribution in [-0.4, -0.2) is 17.3 Å². The van der Waals surface area contributed by atoms with E-state index in [0.29, 0.717) is 31.0 Å². The Morgan fingerprint density at radius 2 is 1.76 bits per heavy atom. The first kappa shape index (κ1) is 24.8. The van der Waals surface area contributed by atoms with Gasteiger partial charge in [-0.2, -0.15) is 0 Å². The summed E-state index contributed by atoms with van der Waals surface area (Å²) in [6, 6.07) is 6.29. The van der Waals surface area contributed by atoms with Crippen LogP contribution in [0.4, 0.5) is 0 Å². The molecule has 0 radical (unpaired) electrons. The smallest absolute Gasteiger partial charge is 0.162 e. The SMILES string of the molecule is CC1=CC=C(C(=O)CCc2cc(C(=O)CCCCC3CCCC3=O)ccc2C2CCCCC2)C1.[HH]. The van der Waals surface area contributed by atoms with Crippen molar-refractivity contribution in [2.24, 2.45) is 5.92 Å². The van der Waals surface area contributed by atoms with Crippen molar-refractivity contribution in [2.75, 3.05) is 0 Å². The van der Waals surface area contributed by atoms with E-state index in [1.165, 1.54) is 48.8 Å².